The van der Waals surface area contributed by atoms with Crippen LogP contribution in [0.5, 0.6) is 5.75 Å². The van der Waals surface area contributed by atoms with E-state index in [2.05, 4.69) is 28.0 Å². The van der Waals surface area contributed by atoms with Crippen LogP contribution in [-0.2, 0) is 6.42 Å². The Morgan fingerprint density at radius 3 is 2.73 bits per heavy atom. The van der Waals surface area contributed by atoms with Crippen LogP contribution in [0.25, 0.3) is 21.2 Å². The molecule has 1 aliphatic rings. The number of ether oxygens (including phenoxy) is 1. The Morgan fingerprint density at radius 2 is 1.94 bits per heavy atom. The number of piperidine rings is 1. The fourth-order valence-electron chi connectivity index (χ4n) is 4.16. The third-order valence-electron chi connectivity index (χ3n) is 6.05. The van der Waals surface area contributed by atoms with Crippen LogP contribution < -0.4 is 10.5 Å². The number of carbonyl (C=O) groups excluding carboxylic acids is 1. The summed E-state index contributed by atoms with van der Waals surface area (Å²) in [5, 5.41) is 2.62. The van der Waals surface area contributed by atoms with Crippen LogP contribution in [0.2, 0.25) is 0 Å². The van der Waals surface area contributed by atoms with E-state index in [4.69, 9.17) is 10.5 Å². The predicted molar refractivity (Wildman–Crippen MR) is 133 cm³/mol. The van der Waals surface area contributed by atoms with Crippen molar-refractivity contribution in [1.82, 2.24) is 14.9 Å². The SMILES string of the molecule is CN1CCC(Oc2cccc(C(=O)Cc3cc4cc(-c5cnc(N)s5)ccc4cn3)c2)CC1. The van der Waals surface area contributed by atoms with Gasteiger partial charge in [-0.2, -0.15) is 0 Å². The van der Waals surface area contributed by atoms with Gasteiger partial charge in [-0.05, 0) is 55.1 Å². The second-order valence-corrected chi connectivity index (χ2v) is 9.61. The molecule has 2 N–H and O–H groups in total. The number of fused-ring (bicyclic) bond motifs is 1. The van der Waals surface area contributed by atoms with Crippen LogP contribution in [-0.4, -0.2) is 46.9 Å². The molecule has 0 atom stereocenters. The number of rotatable bonds is 6. The third-order valence-corrected chi connectivity index (χ3v) is 6.93. The molecule has 5 rings (SSSR count). The number of aromatic nitrogens is 2. The maximum Gasteiger partial charge on any atom is 0.180 e. The van der Waals surface area contributed by atoms with Crippen molar-refractivity contribution in [2.45, 2.75) is 25.4 Å². The number of nitrogens with two attached hydrogens (primary N) is 1. The Morgan fingerprint density at radius 1 is 1.09 bits per heavy atom. The molecule has 0 saturated carbocycles. The van der Waals surface area contributed by atoms with E-state index in [0.717, 1.165) is 58.6 Å². The van der Waals surface area contributed by atoms with Crippen LogP contribution in [0.15, 0.2) is 60.9 Å². The first-order valence-electron chi connectivity index (χ1n) is 11.1. The molecule has 33 heavy (non-hydrogen) atoms. The summed E-state index contributed by atoms with van der Waals surface area (Å²) in [6.45, 7) is 2.07. The smallest absolute Gasteiger partial charge is 0.180 e. The summed E-state index contributed by atoms with van der Waals surface area (Å²) in [5.74, 6) is 0.789. The van der Waals surface area contributed by atoms with E-state index in [-0.39, 0.29) is 18.3 Å². The van der Waals surface area contributed by atoms with Gasteiger partial charge in [0.2, 0.25) is 0 Å². The minimum absolute atomic E-state index is 0.0297. The largest absolute Gasteiger partial charge is 0.490 e. The summed E-state index contributed by atoms with van der Waals surface area (Å²) >= 11 is 1.46. The molecule has 6 nitrogen and oxygen atoms in total. The number of anilines is 1. The van der Waals surface area contributed by atoms with Crippen molar-refractivity contribution in [3.05, 3.63) is 72.2 Å². The molecule has 0 radical (unpaired) electrons. The molecule has 1 fully saturated rings. The maximum atomic E-state index is 13.0. The van der Waals surface area contributed by atoms with Crippen LogP contribution >= 0.6 is 11.3 Å². The molecule has 0 spiro atoms. The molecule has 1 aliphatic heterocycles. The van der Waals surface area contributed by atoms with Crippen molar-refractivity contribution in [2.24, 2.45) is 0 Å². The predicted octanol–water partition coefficient (Wildman–Crippen LogP) is 4.84. The molecule has 1 saturated heterocycles. The number of nitrogens with zero attached hydrogens (tertiary/aromatic N) is 3. The van der Waals surface area contributed by atoms with Crippen molar-refractivity contribution in [3.63, 3.8) is 0 Å². The highest BCUT2D eigenvalue weighted by molar-refractivity contribution is 7.18. The van der Waals surface area contributed by atoms with Gasteiger partial charge in [-0.3, -0.25) is 9.78 Å². The summed E-state index contributed by atoms with van der Waals surface area (Å²) in [4.78, 5) is 25.0. The normalized spacial score (nSPS) is 15.1. The minimum Gasteiger partial charge on any atom is -0.490 e. The lowest BCUT2D eigenvalue weighted by molar-refractivity contribution is 0.0988. The van der Waals surface area contributed by atoms with Crippen molar-refractivity contribution < 1.29 is 9.53 Å². The summed E-state index contributed by atoms with van der Waals surface area (Å²) in [6.07, 6.45) is 6.07. The summed E-state index contributed by atoms with van der Waals surface area (Å²) in [5.41, 5.74) is 8.23. The highest BCUT2D eigenvalue weighted by atomic mass is 32.1. The van der Waals surface area contributed by atoms with Gasteiger partial charge in [0.05, 0.1) is 11.3 Å². The van der Waals surface area contributed by atoms with Gasteiger partial charge in [0, 0.05) is 42.1 Å². The van der Waals surface area contributed by atoms with E-state index in [9.17, 15) is 4.79 Å². The number of hydrogen-bond acceptors (Lipinski definition) is 7. The molecule has 0 amide bonds. The Bertz CT molecular complexity index is 1290. The Balaban J connectivity index is 1.31. The zero-order valence-electron chi connectivity index (χ0n) is 18.5. The molecule has 3 heterocycles. The first-order valence-corrected chi connectivity index (χ1v) is 11.9. The molecule has 0 bridgehead atoms. The van der Waals surface area contributed by atoms with Crippen molar-refractivity contribution >= 4 is 33.0 Å². The van der Waals surface area contributed by atoms with Crippen LogP contribution in [0.4, 0.5) is 5.13 Å². The van der Waals surface area contributed by atoms with Crippen LogP contribution in [0.1, 0.15) is 28.9 Å². The van der Waals surface area contributed by atoms with Gasteiger partial charge >= 0.3 is 0 Å². The number of nitrogen functional groups attached to an aromatic ring is 1. The molecule has 2 aromatic heterocycles. The minimum atomic E-state index is 0.0297. The zero-order chi connectivity index (χ0) is 22.8. The van der Waals surface area contributed by atoms with E-state index in [1.54, 1.807) is 6.20 Å². The Hall–Kier alpha value is -3.29. The van der Waals surface area contributed by atoms with Crippen LogP contribution in [0.3, 0.4) is 0 Å². The lowest BCUT2D eigenvalue weighted by Crippen LogP contribution is -2.35. The second-order valence-electron chi connectivity index (χ2n) is 8.55. The maximum absolute atomic E-state index is 13.0. The highest BCUT2D eigenvalue weighted by Crippen LogP contribution is 2.30. The fraction of sp³-hybridized carbons (Fsp3) is 0.269. The average Bonchev–Trinajstić information content (AvgIpc) is 3.26. The molecular formula is C26H26N4O2S. The quantitative estimate of drug-likeness (QED) is 0.417. The first kappa shape index (κ1) is 21.6. The molecule has 7 heteroatoms. The number of pyridine rings is 1. The number of hydrogen-bond donors (Lipinski definition) is 1. The molecule has 0 unspecified atom stereocenters. The Labute approximate surface area is 197 Å². The van der Waals surface area contributed by atoms with Crippen molar-refractivity contribution in [2.75, 3.05) is 25.9 Å². The first-order chi connectivity index (χ1) is 16.0. The number of benzene rings is 2. The molecule has 4 aromatic rings. The summed E-state index contributed by atoms with van der Waals surface area (Å²) < 4.78 is 6.15. The third kappa shape index (κ3) is 5.05. The second kappa shape index (κ2) is 9.29. The monoisotopic (exact) mass is 458 g/mol. The average molecular weight is 459 g/mol. The van der Waals surface area contributed by atoms with E-state index in [1.165, 1.54) is 11.3 Å². The van der Waals surface area contributed by atoms with E-state index >= 15 is 0 Å². The van der Waals surface area contributed by atoms with E-state index < -0.39 is 0 Å². The number of likely N-dealkylation sites (tertiary alicyclic amines) is 1. The van der Waals surface area contributed by atoms with Crippen molar-refractivity contribution in [3.8, 4) is 16.2 Å². The van der Waals surface area contributed by atoms with E-state index in [0.29, 0.717) is 10.7 Å². The summed E-state index contributed by atoms with van der Waals surface area (Å²) in [6, 6.07) is 15.7. The number of Topliss-reactive ketones (excluding diaryl/α,β-unsaturated/α-hetero) is 1. The van der Waals surface area contributed by atoms with Gasteiger partial charge in [0.25, 0.3) is 0 Å². The number of carbonyl (C=O) groups is 1. The molecule has 168 valence electrons. The van der Waals surface area contributed by atoms with Gasteiger partial charge < -0.3 is 15.4 Å². The van der Waals surface area contributed by atoms with Crippen molar-refractivity contribution in [1.29, 1.82) is 0 Å². The van der Waals surface area contributed by atoms with E-state index in [1.807, 2.05) is 48.7 Å². The van der Waals surface area contributed by atoms with Gasteiger partial charge in [0.1, 0.15) is 11.9 Å². The molecular weight excluding hydrogens is 432 g/mol. The van der Waals surface area contributed by atoms with Gasteiger partial charge in [-0.15, -0.1) is 0 Å². The number of thiazole rings is 1. The molecule has 0 aliphatic carbocycles. The number of ketones is 1. The summed E-state index contributed by atoms with van der Waals surface area (Å²) in [7, 11) is 2.13. The topological polar surface area (TPSA) is 81.3 Å². The zero-order valence-corrected chi connectivity index (χ0v) is 19.3. The lowest BCUT2D eigenvalue weighted by atomic mass is 10.0. The lowest BCUT2D eigenvalue weighted by Gasteiger charge is -2.29. The van der Waals surface area contributed by atoms with Gasteiger partial charge in [-0.1, -0.05) is 35.6 Å². The molecule has 2 aromatic carbocycles. The van der Waals surface area contributed by atoms with Crippen LogP contribution in [0, 0.1) is 0 Å². The van der Waals surface area contributed by atoms with Gasteiger partial charge in [-0.25, -0.2) is 4.98 Å². The highest BCUT2D eigenvalue weighted by Gasteiger charge is 2.18. The standard InChI is InChI=1S/C26H26N4O2S/c1-30-9-7-22(8-10-30)32-23-4-2-3-17(13-23)24(31)14-21-12-20-11-18(5-6-19(20)15-28-21)25-16-29-26(27)33-25/h2-6,11-13,15-16,22H,7-10,14H2,1H3,(H2,27,29). The fourth-order valence-corrected chi connectivity index (χ4v) is 4.84. The Kier molecular flexibility index (Phi) is 6.07. The van der Waals surface area contributed by atoms with Gasteiger partial charge in [0.15, 0.2) is 10.9 Å².